The molecule has 2 aromatic rings. The normalized spacial score (nSPS) is 10.1. The Hall–Kier alpha value is -1.90. The van der Waals surface area contributed by atoms with Crippen LogP contribution in [0.4, 0.5) is 0 Å². The van der Waals surface area contributed by atoms with Gasteiger partial charge in [-0.25, -0.2) is 4.98 Å². The molecule has 0 N–H and O–H groups in total. The topological polar surface area (TPSA) is 43.1 Å². The largest absolute Gasteiger partial charge is 0.445 e. The Balaban J connectivity index is 2.54. The van der Waals surface area contributed by atoms with Gasteiger partial charge in [0.15, 0.2) is 0 Å². The van der Waals surface area contributed by atoms with Crippen molar-refractivity contribution >= 4 is 6.29 Å². The Morgan fingerprint density at radius 3 is 2.86 bits per heavy atom. The van der Waals surface area contributed by atoms with Crippen molar-refractivity contribution < 1.29 is 9.21 Å². The third kappa shape index (κ3) is 1.57. The van der Waals surface area contributed by atoms with Crippen molar-refractivity contribution in [1.82, 2.24) is 4.98 Å². The second kappa shape index (κ2) is 3.46. The van der Waals surface area contributed by atoms with E-state index in [1.54, 1.807) is 12.3 Å². The Labute approximate surface area is 81.4 Å². The van der Waals surface area contributed by atoms with Gasteiger partial charge in [-0.05, 0) is 30.7 Å². The first kappa shape index (κ1) is 8.69. The molecule has 0 saturated heterocycles. The van der Waals surface area contributed by atoms with Gasteiger partial charge in [0.1, 0.15) is 12.5 Å². The summed E-state index contributed by atoms with van der Waals surface area (Å²) in [5.41, 5.74) is 2.48. The zero-order valence-corrected chi connectivity index (χ0v) is 7.73. The number of aryl methyl sites for hydroxylation is 1. The lowest BCUT2D eigenvalue weighted by molar-refractivity contribution is 0.112. The summed E-state index contributed by atoms with van der Waals surface area (Å²) < 4.78 is 5.15. The maximum absolute atomic E-state index is 10.6. The predicted octanol–water partition coefficient (Wildman–Crippen LogP) is 2.46. The molecule has 0 aliphatic rings. The molecule has 0 atom stereocenters. The molecular weight excluding hydrogens is 178 g/mol. The lowest BCUT2D eigenvalue weighted by Gasteiger charge is -1.99. The highest BCUT2D eigenvalue weighted by Gasteiger charge is 2.04. The molecule has 70 valence electrons. The maximum atomic E-state index is 10.6. The molecule has 0 aliphatic carbocycles. The van der Waals surface area contributed by atoms with E-state index in [-0.39, 0.29) is 0 Å². The lowest BCUT2D eigenvalue weighted by atomic mass is 10.1. The maximum Gasteiger partial charge on any atom is 0.225 e. The number of benzene rings is 1. The summed E-state index contributed by atoms with van der Waals surface area (Å²) in [6, 6.07) is 5.50. The van der Waals surface area contributed by atoms with Crippen LogP contribution in [0, 0.1) is 6.92 Å². The van der Waals surface area contributed by atoms with Gasteiger partial charge in [0, 0.05) is 11.1 Å². The van der Waals surface area contributed by atoms with Gasteiger partial charge in [-0.3, -0.25) is 4.79 Å². The summed E-state index contributed by atoms with van der Waals surface area (Å²) >= 11 is 0. The molecule has 0 aliphatic heterocycles. The van der Waals surface area contributed by atoms with Crippen molar-refractivity contribution in [1.29, 1.82) is 0 Å². The molecule has 0 fully saturated rings. The summed E-state index contributed by atoms with van der Waals surface area (Å²) in [7, 11) is 0. The molecule has 0 spiro atoms. The van der Waals surface area contributed by atoms with Gasteiger partial charge in [-0.2, -0.15) is 0 Å². The monoisotopic (exact) mass is 187 g/mol. The number of hydrogen-bond donors (Lipinski definition) is 0. The minimum absolute atomic E-state index is 0.539. The minimum atomic E-state index is 0.539. The van der Waals surface area contributed by atoms with Crippen molar-refractivity contribution in [2.45, 2.75) is 6.92 Å². The van der Waals surface area contributed by atoms with Gasteiger partial charge in [0.25, 0.3) is 0 Å². The van der Waals surface area contributed by atoms with E-state index >= 15 is 0 Å². The quantitative estimate of drug-likeness (QED) is 0.678. The number of nitrogens with zero attached hydrogens (tertiary/aromatic N) is 1. The number of aldehydes is 1. The minimum Gasteiger partial charge on any atom is -0.445 e. The average Bonchev–Trinajstić information content (AvgIpc) is 2.69. The van der Waals surface area contributed by atoms with Crippen molar-refractivity contribution in [3.8, 4) is 11.5 Å². The van der Waals surface area contributed by atoms with Crippen molar-refractivity contribution in [2.24, 2.45) is 0 Å². The molecule has 0 unspecified atom stereocenters. The van der Waals surface area contributed by atoms with E-state index in [2.05, 4.69) is 4.98 Å². The van der Waals surface area contributed by atoms with Crippen LogP contribution in [-0.2, 0) is 0 Å². The number of carbonyl (C=O) groups excluding carboxylic acids is 1. The number of hydrogen-bond acceptors (Lipinski definition) is 3. The van der Waals surface area contributed by atoms with E-state index in [0.717, 1.165) is 17.4 Å². The van der Waals surface area contributed by atoms with Crippen molar-refractivity contribution in [2.75, 3.05) is 0 Å². The molecule has 1 heterocycles. The van der Waals surface area contributed by atoms with Gasteiger partial charge >= 0.3 is 0 Å². The fourth-order valence-corrected chi connectivity index (χ4v) is 1.37. The first-order valence-corrected chi connectivity index (χ1v) is 4.26. The second-order valence-corrected chi connectivity index (χ2v) is 3.09. The first-order chi connectivity index (χ1) is 6.79. The van der Waals surface area contributed by atoms with Gasteiger partial charge in [0.2, 0.25) is 5.89 Å². The molecule has 0 saturated carbocycles. The first-order valence-electron chi connectivity index (χ1n) is 4.26. The van der Waals surface area contributed by atoms with E-state index in [1.165, 1.54) is 6.26 Å². The summed E-state index contributed by atoms with van der Waals surface area (Å²) in [4.78, 5) is 14.6. The molecular formula is C11H9NO2. The standard InChI is InChI=1S/C11H9NO2/c1-8-4-9(7-13)6-10(5-8)11-12-2-3-14-11/h2-7H,1H3. The van der Waals surface area contributed by atoms with Crippen LogP contribution < -0.4 is 0 Å². The summed E-state index contributed by atoms with van der Waals surface area (Å²) in [5, 5.41) is 0. The summed E-state index contributed by atoms with van der Waals surface area (Å²) in [6.07, 6.45) is 3.91. The zero-order valence-electron chi connectivity index (χ0n) is 7.73. The van der Waals surface area contributed by atoms with E-state index in [9.17, 15) is 4.79 Å². The number of rotatable bonds is 2. The average molecular weight is 187 g/mol. The molecule has 1 aromatic heterocycles. The third-order valence-electron chi connectivity index (χ3n) is 1.92. The Kier molecular flexibility index (Phi) is 2.14. The van der Waals surface area contributed by atoms with Crippen molar-refractivity contribution in [3.05, 3.63) is 41.8 Å². The Morgan fingerprint density at radius 1 is 1.36 bits per heavy atom. The molecule has 0 radical (unpaired) electrons. The van der Waals surface area contributed by atoms with E-state index in [1.807, 2.05) is 19.1 Å². The molecule has 0 bridgehead atoms. The van der Waals surface area contributed by atoms with Crippen LogP contribution in [-0.4, -0.2) is 11.3 Å². The SMILES string of the molecule is Cc1cc(C=O)cc(-c2ncco2)c1. The van der Waals surface area contributed by atoms with E-state index < -0.39 is 0 Å². The van der Waals surface area contributed by atoms with E-state index in [0.29, 0.717) is 11.5 Å². The fraction of sp³-hybridized carbons (Fsp3) is 0.0909. The highest BCUT2D eigenvalue weighted by Crippen LogP contribution is 2.19. The van der Waals surface area contributed by atoms with Gasteiger partial charge in [-0.15, -0.1) is 0 Å². The van der Waals surface area contributed by atoms with Gasteiger partial charge in [-0.1, -0.05) is 0 Å². The lowest BCUT2D eigenvalue weighted by Crippen LogP contribution is -1.85. The fourth-order valence-electron chi connectivity index (χ4n) is 1.37. The smallest absolute Gasteiger partial charge is 0.225 e. The molecule has 3 heteroatoms. The van der Waals surface area contributed by atoms with Crippen molar-refractivity contribution in [3.63, 3.8) is 0 Å². The summed E-state index contributed by atoms with van der Waals surface area (Å²) in [6.45, 7) is 1.93. The number of aromatic nitrogens is 1. The van der Waals surface area contributed by atoms with Crippen LogP contribution in [0.1, 0.15) is 15.9 Å². The molecule has 2 rings (SSSR count). The van der Waals surface area contributed by atoms with Crippen LogP contribution >= 0.6 is 0 Å². The van der Waals surface area contributed by atoms with E-state index in [4.69, 9.17) is 4.42 Å². The Morgan fingerprint density at radius 2 is 2.21 bits per heavy atom. The molecule has 1 aromatic carbocycles. The second-order valence-electron chi connectivity index (χ2n) is 3.09. The van der Waals surface area contributed by atoms with Crippen LogP contribution in [0.15, 0.2) is 35.1 Å². The third-order valence-corrected chi connectivity index (χ3v) is 1.92. The summed E-state index contributed by atoms with van der Waals surface area (Å²) in [5.74, 6) is 0.539. The highest BCUT2D eigenvalue weighted by atomic mass is 16.3. The predicted molar refractivity (Wildman–Crippen MR) is 52.1 cm³/mol. The van der Waals surface area contributed by atoms with Crippen LogP contribution in [0.5, 0.6) is 0 Å². The zero-order chi connectivity index (χ0) is 9.97. The van der Waals surface area contributed by atoms with Crippen LogP contribution in [0.2, 0.25) is 0 Å². The van der Waals surface area contributed by atoms with Crippen LogP contribution in [0.3, 0.4) is 0 Å². The molecule has 0 amide bonds. The van der Waals surface area contributed by atoms with Gasteiger partial charge < -0.3 is 4.42 Å². The Bertz CT molecular complexity index is 446. The number of oxazole rings is 1. The highest BCUT2D eigenvalue weighted by molar-refractivity contribution is 5.78. The molecule has 14 heavy (non-hydrogen) atoms. The number of carbonyl (C=O) groups is 1. The van der Waals surface area contributed by atoms with Crippen LogP contribution in [0.25, 0.3) is 11.5 Å². The molecule has 3 nitrogen and oxygen atoms in total. The van der Waals surface area contributed by atoms with Gasteiger partial charge in [0.05, 0.1) is 6.20 Å².